The standard InChI is InChI=1S/C23H27N7O/c1-3-4-5-8-15-30-21(24-23(27-30)31-2)16-17-11-13-18(14-12-17)19-9-6-7-10-20(19)22-25-28-29-26-22/h6-7,9-14H,3-5,8,15-16H2,1-2H3,(H,25,26,28,29). The lowest BCUT2D eigenvalue weighted by molar-refractivity contribution is 0.374. The van der Waals surface area contributed by atoms with E-state index < -0.39 is 0 Å². The van der Waals surface area contributed by atoms with Gasteiger partial charge < -0.3 is 4.74 Å². The molecule has 0 unspecified atom stereocenters. The van der Waals surface area contributed by atoms with E-state index in [2.05, 4.69) is 68.0 Å². The topological polar surface area (TPSA) is 94.4 Å². The number of benzene rings is 2. The average Bonchev–Trinajstić information content (AvgIpc) is 3.48. The maximum atomic E-state index is 5.26. The van der Waals surface area contributed by atoms with E-state index in [0.717, 1.165) is 35.5 Å². The number of ether oxygens (including phenoxy) is 1. The van der Waals surface area contributed by atoms with Crippen LogP contribution in [0.5, 0.6) is 6.01 Å². The molecular formula is C23H27N7O. The van der Waals surface area contributed by atoms with Crippen molar-refractivity contribution in [3.05, 3.63) is 59.9 Å². The fraction of sp³-hybridized carbons (Fsp3) is 0.348. The summed E-state index contributed by atoms with van der Waals surface area (Å²) >= 11 is 0. The molecule has 0 fully saturated rings. The Kier molecular flexibility index (Phi) is 6.66. The van der Waals surface area contributed by atoms with Gasteiger partial charge >= 0.3 is 6.01 Å². The Morgan fingerprint density at radius 3 is 2.48 bits per heavy atom. The van der Waals surface area contributed by atoms with Crippen LogP contribution >= 0.6 is 0 Å². The number of hydrogen-bond acceptors (Lipinski definition) is 6. The highest BCUT2D eigenvalue weighted by Gasteiger charge is 2.13. The van der Waals surface area contributed by atoms with E-state index in [0.29, 0.717) is 18.3 Å². The normalized spacial score (nSPS) is 11.0. The molecule has 31 heavy (non-hydrogen) atoms. The summed E-state index contributed by atoms with van der Waals surface area (Å²) in [7, 11) is 1.61. The smallest absolute Gasteiger partial charge is 0.335 e. The highest BCUT2D eigenvalue weighted by Crippen LogP contribution is 2.30. The first-order valence-electron chi connectivity index (χ1n) is 10.7. The zero-order chi connectivity index (χ0) is 21.5. The molecule has 0 atom stereocenters. The van der Waals surface area contributed by atoms with Gasteiger partial charge in [-0.2, -0.15) is 4.98 Å². The van der Waals surface area contributed by atoms with E-state index in [1.165, 1.54) is 24.8 Å². The molecule has 0 aliphatic heterocycles. The van der Waals surface area contributed by atoms with Crippen LogP contribution in [-0.4, -0.2) is 42.5 Å². The van der Waals surface area contributed by atoms with Gasteiger partial charge in [-0.25, -0.2) is 9.78 Å². The lowest BCUT2D eigenvalue weighted by Crippen LogP contribution is -2.07. The third kappa shape index (κ3) is 4.96. The van der Waals surface area contributed by atoms with E-state index in [9.17, 15) is 0 Å². The van der Waals surface area contributed by atoms with E-state index in [4.69, 9.17) is 4.74 Å². The molecule has 4 aromatic rings. The maximum Gasteiger partial charge on any atom is 0.335 e. The van der Waals surface area contributed by atoms with Crippen molar-refractivity contribution in [1.82, 2.24) is 35.4 Å². The number of unbranched alkanes of at least 4 members (excludes halogenated alkanes) is 3. The van der Waals surface area contributed by atoms with Crippen LogP contribution in [0.1, 0.15) is 44.0 Å². The van der Waals surface area contributed by atoms with Crippen LogP contribution in [0.25, 0.3) is 22.5 Å². The minimum absolute atomic E-state index is 0.428. The van der Waals surface area contributed by atoms with Crippen LogP contribution in [0.15, 0.2) is 48.5 Å². The number of nitrogens with one attached hydrogen (secondary N) is 1. The molecule has 4 rings (SSSR count). The Morgan fingerprint density at radius 2 is 1.77 bits per heavy atom. The van der Waals surface area contributed by atoms with Crippen LogP contribution in [0.3, 0.4) is 0 Å². The molecular weight excluding hydrogens is 390 g/mol. The van der Waals surface area contributed by atoms with Gasteiger partial charge in [0.05, 0.1) is 7.11 Å². The van der Waals surface area contributed by atoms with Crippen LogP contribution in [-0.2, 0) is 13.0 Å². The van der Waals surface area contributed by atoms with Crippen molar-refractivity contribution in [3.8, 4) is 28.5 Å². The average molecular weight is 418 g/mol. The second-order valence-electron chi connectivity index (χ2n) is 7.47. The maximum absolute atomic E-state index is 5.26. The second kappa shape index (κ2) is 9.97. The molecule has 1 N–H and O–H groups in total. The fourth-order valence-electron chi connectivity index (χ4n) is 3.64. The van der Waals surface area contributed by atoms with E-state index in [1.54, 1.807) is 7.11 Å². The van der Waals surface area contributed by atoms with E-state index >= 15 is 0 Å². The molecule has 0 bridgehead atoms. The van der Waals surface area contributed by atoms with Crippen molar-refractivity contribution < 1.29 is 4.74 Å². The van der Waals surface area contributed by atoms with Gasteiger partial charge in [0.25, 0.3) is 0 Å². The molecule has 0 amide bonds. The Hall–Kier alpha value is -3.55. The number of aromatic nitrogens is 7. The Balaban J connectivity index is 1.52. The molecule has 2 aromatic heterocycles. The number of H-pyrrole nitrogens is 1. The van der Waals surface area contributed by atoms with Crippen molar-refractivity contribution in [1.29, 1.82) is 0 Å². The Morgan fingerprint density at radius 1 is 0.968 bits per heavy atom. The molecule has 2 aromatic carbocycles. The van der Waals surface area contributed by atoms with Gasteiger partial charge in [0.15, 0.2) is 5.82 Å². The van der Waals surface area contributed by atoms with Crippen molar-refractivity contribution in [2.75, 3.05) is 7.11 Å². The molecule has 0 radical (unpaired) electrons. The minimum atomic E-state index is 0.428. The van der Waals surface area contributed by atoms with Crippen molar-refractivity contribution in [2.24, 2.45) is 0 Å². The first kappa shape index (κ1) is 20.7. The number of tetrazole rings is 1. The predicted molar refractivity (Wildman–Crippen MR) is 119 cm³/mol. The number of hydrogen-bond donors (Lipinski definition) is 1. The minimum Gasteiger partial charge on any atom is -0.466 e. The van der Waals surface area contributed by atoms with Gasteiger partial charge in [-0.1, -0.05) is 74.7 Å². The Labute approximate surface area is 181 Å². The molecule has 0 aliphatic rings. The molecule has 2 heterocycles. The highest BCUT2D eigenvalue weighted by atomic mass is 16.5. The zero-order valence-corrected chi connectivity index (χ0v) is 18.0. The molecule has 8 nitrogen and oxygen atoms in total. The van der Waals surface area contributed by atoms with Gasteiger partial charge in [0.1, 0.15) is 5.82 Å². The monoisotopic (exact) mass is 417 g/mol. The van der Waals surface area contributed by atoms with Gasteiger partial charge in [-0.3, -0.25) is 0 Å². The summed E-state index contributed by atoms with van der Waals surface area (Å²) in [6.45, 7) is 3.08. The van der Waals surface area contributed by atoms with Crippen LogP contribution in [0, 0.1) is 0 Å². The molecule has 8 heteroatoms. The SMILES string of the molecule is CCCCCCn1nc(OC)nc1Cc1ccc(-c2ccccc2-c2nnn[nH]2)cc1. The van der Waals surface area contributed by atoms with Crippen LogP contribution < -0.4 is 4.74 Å². The summed E-state index contributed by atoms with van der Waals surface area (Å²) in [5.74, 6) is 1.58. The lowest BCUT2D eigenvalue weighted by atomic mass is 9.98. The third-order valence-corrected chi connectivity index (χ3v) is 5.29. The molecule has 0 saturated heterocycles. The highest BCUT2D eigenvalue weighted by molar-refractivity contribution is 5.80. The largest absolute Gasteiger partial charge is 0.466 e. The number of rotatable bonds is 10. The number of aryl methyl sites for hydroxylation is 1. The number of aromatic amines is 1. The first-order chi connectivity index (χ1) is 15.3. The fourth-order valence-corrected chi connectivity index (χ4v) is 3.64. The summed E-state index contributed by atoms with van der Waals surface area (Å²) in [4.78, 5) is 4.55. The van der Waals surface area contributed by atoms with Gasteiger partial charge in [-0.05, 0) is 33.5 Å². The predicted octanol–water partition coefficient (Wildman–Crippen LogP) is 4.30. The quantitative estimate of drug-likeness (QED) is 0.387. The molecule has 0 aliphatic carbocycles. The summed E-state index contributed by atoms with van der Waals surface area (Å²) in [6, 6.07) is 17.0. The molecule has 0 saturated carbocycles. The molecule has 160 valence electrons. The number of methoxy groups -OCH3 is 1. The van der Waals surface area contributed by atoms with Gasteiger partial charge in [-0.15, -0.1) is 10.2 Å². The van der Waals surface area contributed by atoms with Gasteiger partial charge in [0, 0.05) is 18.5 Å². The first-order valence-corrected chi connectivity index (χ1v) is 10.7. The van der Waals surface area contributed by atoms with Crippen molar-refractivity contribution in [3.63, 3.8) is 0 Å². The summed E-state index contributed by atoms with van der Waals surface area (Å²) in [6.07, 6.45) is 5.47. The molecule has 0 spiro atoms. The summed E-state index contributed by atoms with van der Waals surface area (Å²) in [5.41, 5.74) is 4.33. The number of nitrogens with zero attached hydrogens (tertiary/aromatic N) is 6. The van der Waals surface area contributed by atoms with Crippen molar-refractivity contribution >= 4 is 0 Å². The van der Waals surface area contributed by atoms with E-state index in [1.807, 2.05) is 22.9 Å². The lowest BCUT2D eigenvalue weighted by Gasteiger charge is -2.09. The zero-order valence-electron chi connectivity index (χ0n) is 18.0. The summed E-state index contributed by atoms with van der Waals surface area (Å²) in [5, 5.41) is 18.8. The second-order valence-corrected chi connectivity index (χ2v) is 7.47. The van der Waals surface area contributed by atoms with E-state index in [-0.39, 0.29) is 0 Å². The summed E-state index contributed by atoms with van der Waals surface area (Å²) < 4.78 is 7.24. The van der Waals surface area contributed by atoms with Crippen LogP contribution in [0.4, 0.5) is 0 Å². The third-order valence-electron chi connectivity index (χ3n) is 5.29. The van der Waals surface area contributed by atoms with Gasteiger partial charge in [0.2, 0.25) is 0 Å². The van der Waals surface area contributed by atoms with Crippen molar-refractivity contribution in [2.45, 2.75) is 45.6 Å². The Bertz CT molecular complexity index is 1090. The van der Waals surface area contributed by atoms with Crippen LogP contribution in [0.2, 0.25) is 0 Å².